The lowest BCUT2D eigenvalue weighted by atomic mass is 10.1. The molecule has 0 spiro atoms. The standard InChI is InChI=1S/C14H11Cl2FN2O/c1-8(10-6-13(17)12(16)7-11(10)15)19-14(20)9-2-4-18-5-3-9/h2-8H,1H3,(H,19,20). The molecule has 1 aromatic heterocycles. The number of halogens is 3. The molecule has 6 heteroatoms. The quantitative estimate of drug-likeness (QED) is 0.870. The molecule has 1 N–H and O–H groups in total. The van der Waals surface area contributed by atoms with Crippen LogP contribution in [0.3, 0.4) is 0 Å². The van der Waals surface area contributed by atoms with Gasteiger partial charge in [-0.3, -0.25) is 9.78 Å². The Balaban J connectivity index is 2.19. The third-order valence-corrected chi connectivity index (χ3v) is 3.41. The Morgan fingerprint density at radius 1 is 1.25 bits per heavy atom. The Bertz CT molecular complexity index is 635. The van der Waals surface area contributed by atoms with Crippen LogP contribution in [-0.4, -0.2) is 10.9 Å². The van der Waals surface area contributed by atoms with Gasteiger partial charge in [0.2, 0.25) is 0 Å². The summed E-state index contributed by atoms with van der Waals surface area (Å²) in [7, 11) is 0. The van der Waals surface area contributed by atoms with Gasteiger partial charge in [0.25, 0.3) is 5.91 Å². The second-order valence-electron chi connectivity index (χ2n) is 4.22. The van der Waals surface area contributed by atoms with Gasteiger partial charge in [-0.1, -0.05) is 23.2 Å². The molecule has 104 valence electrons. The molecular weight excluding hydrogens is 302 g/mol. The molecule has 2 rings (SSSR count). The summed E-state index contributed by atoms with van der Waals surface area (Å²) in [6.07, 6.45) is 3.04. The molecule has 0 aliphatic heterocycles. The van der Waals surface area contributed by atoms with Crippen molar-refractivity contribution in [1.82, 2.24) is 10.3 Å². The van der Waals surface area contributed by atoms with E-state index >= 15 is 0 Å². The van der Waals surface area contributed by atoms with Crippen LogP contribution < -0.4 is 5.32 Å². The molecule has 1 unspecified atom stereocenters. The van der Waals surface area contributed by atoms with E-state index in [1.807, 2.05) is 0 Å². The number of nitrogens with one attached hydrogen (secondary N) is 1. The number of carbonyl (C=O) groups excluding carboxylic acids is 1. The van der Waals surface area contributed by atoms with Crippen molar-refractivity contribution in [3.8, 4) is 0 Å². The predicted octanol–water partition coefficient (Wildman–Crippen LogP) is 4.02. The second-order valence-corrected chi connectivity index (χ2v) is 5.03. The SMILES string of the molecule is CC(NC(=O)c1ccncc1)c1cc(F)c(Cl)cc1Cl. The van der Waals surface area contributed by atoms with Crippen LogP contribution in [0.5, 0.6) is 0 Å². The molecule has 2 aromatic rings. The van der Waals surface area contributed by atoms with E-state index in [0.717, 1.165) is 0 Å². The molecule has 1 aromatic carbocycles. The summed E-state index contributed by atoms with van der Waals surface area (Å²) < 4.78 is 13.5. The van der Waals surface area contributed by atoms with E-state index in [2.05, 4.69) is 10.3 Å². The molecule has 1 atom stereocenters. The summed E-state index contributed by atoms with van der Waals surface area (Å²) in [6.45, 7) is 1.72. The number of hydrogen-bond donors (Lipinski definition) is 1. The van der Waals surface area contributed by atoms with Gasteiger partial charge in [0.15, 0.2) is 0 Å². The van der Waals surface area contributed by atoms with E-state index < -0.39 is 11.9 Å². The maximum atomic E-state index is 13.5. The fourth-order valence-electron chi connectivity index (χ4n) is 1.73. The zero-order valence-corrected chi connectivity index (χ0v) is 12.0. The van der Waals surface area contributed by atoms with Crippen LogP contribution in [0.25, 0.3) is 0 Å². The number of amides is 1. The Morgan fingerprint density at radius 2 is 1.90 bits per heavy atom. The predicted molar refractivity (Wildman–Crippen MR) is 76.5 cm³/mol. The first-order valence-corrected chi connectivity index (χ1v) is 6.60. The topological polar surface area (TPSA) is 42.0 Å². The molecule has 0 aliphatic carbocycles. The molecule has 0 saturated heterocycles. The summed E-state index contributed by atoms with van der Waals surface area (Å²) in [5.74, 6) is -0.859. The minimum atomic E-state index is -0.573. The maximum Gasteiger partial charge on any atom is 0.251 e. The molecule has 0 saturated carbocycles. The number of benzene rings is 1. The maximum absolute atomic E-state index is 13.5. The van der Waals surface area contributed by atoms with Gasteiger partial charge in [-0.2, -0.15) is 0 Å². The number of hydrogen-bond acceptors (Lipinski definition) is 2. The fourth-order valence-corrected chi connectivity index (χ4v) is 2.28. The fraction of sp³-hybridized carbons (Fsp3) is 0.143. The highest BCUT2D eigenvalue weighted by molar-refractivity contribution is 6.35. The van der Waals surface area contributed by atoms with E-state index in [1.54, 1.807) is 19.1 Å². The zero-order valence-electron chi connectivity index (χ0n) is 10.5. The van der Waals surface area contributed by atoms with Gasteiger partial charge in [0.1, 0.15) is 5.82 Å². The van der Waals surface area contributed by atoms with Gasteiger partial charge in [0.05, 0.1) is 11.1 Å². The molecule has 0 radical (unpaired) electrons. The third kappa shape index (κ3) is 3.26. The van der Waals surface area contributed by atoms with Crippen LogP contribution in [0.1, 0.15) is 28.9 Å². The Kier molecular flexibility index (Phi) is 4.57. The summed E-state index contributed by atoms with van der Waals surface area (Å²) >= 11 is 11.7. The Morgan fingerprint density at radius 3 is 2.55 bits per heavy atom. The van der Waals surface area contributed by atoms with Crippen molar-refractivity contribution >= 4 is 29.1 Å². The molecule has 20 heavy (non-hydrogen) atoms. The lowest BCUT2D eigenvalue weighted by molar-refractivity contribution is 0.0939. The van der Waals surface area contributed by atoms with Crippen LogP contribution in [0.15, 0.2) is 36.7 Å². The van der Waals surface area contributed by atoms with E-state index in [0.29, 0.717) is 16.1 Å². The minimum absolute atomic E-state index is 0.0496. The first-order valence-electron chi connectivity index (χ1n) is 5.84. The number of rotatable bonds is 3. The van der Waals surface area contributed by atoms with E-state index in [4.69, 9.17) is 23.2 Å². The van der Waals surface area contributed by atoms with E-state index in [9.17, 15) is 9.18 Å². The normalized spacial score (nSPS) is 12.0. The number of aromatic nitrogens is 1. The molecular formula is C14H11Cl2FN2O. The summed E-state index contributed by atoms with van der Waals surface area (Å²) in [5.41, 5.74) is 0.938. The number of pyridine rings is 1. The van der Waals surface area contributed by atoms with Crippen molar-refractivity contribution in [2.45, 2.75) is 13.0 Å². The lowest BCUT2D eigenvalue weighted by Crippen LogP contribution is -2.26. The van der Waals surface area contributed by atoms with Gasteiger partial charge in [0, 0.05) is 23.0 Å². The second kappa shape index (κ2) is 6.20. The molecule has 1 heterocycles. The van der Waals surface area contributed by atoms with Crippen LogP contribution in [0.2, 0.25) is 10.0 Å². The lowest BCUT2D eigenvalue weighted by Gasteiger charge is -2.16. The van der Waals surface area contributed by atoms with Crippen LogP contribution in [-0.2, 0) is 0 Å². The van der Waals surface area contributed by atoms with Crippen molar-refractivity contribution in [2.24, 2.45) is 0 Å². The molecule has 1 amide bonds. The highest BCUT2D eigenvalue weighted by Crippen LogP contribution is 2.28. The summed E-state index contributed by atoms with van der Waals surface area (Å²) in [5, 5.41) is 2.99. The van der Waals surface area contributed by atoms with Crippen molar-refractivity contribution in [3.05, 3.63) is 63.6 Å². The minimum Gasteiger partial charge on any atom is -0.345 e. The van der Waals surface area contributed by atoms with Gasteiger partial charge >= 0.3 is 0 Å². The van der Waals surface area contributed by atoms with Crippen LogP contribution in [0.4, 0.5) is 4.39 Å². The first kappa shape index (κ1) is 14.8. The highest BCUT2D eigenvalue weighted by Gasteiger charge is 2.16. The number of carbonyl (C=O) groups is 1. The largest absolute Gasteiger partial charge is 0.345 e. The van der Waals surface area contributed by atoms with Gasteiger partial charge < -0.3 is 5.32 Å². The Labute approximate surface area is 125 Å². The van der Waals surface area contributed by atoms with Crippen LogP contribution in [0, 0.1) is 5.82 Å². The average molecular weight is 313 g/mol. The van der Waals surface area contributed by atoms with Gasteiger partial charge in [-0.05, 0) is 36.8 Å². The smallest absolute Gasteiger partial charge is 0.251 e. The monoisotopic (exact) mass is 312 g/mol. The zero-order chi connectivity index (χ0) is 14.7. The first-order chi connectivity index (χ1) is 9.49. The molecule has 0 aliphatic rings. The number of nitrogens with zero attached hydrogens (tertiary/aromatic N) is 1. The summed E-state index contributed by atoms with van der Waals surface area (Å²) in [4.78, 5) is 15.8. The van der Waals surface area contributed by atoms with Crippen molar-refractivity contribution in [3.63, 3.8) is 0 Å². The molecule has 0 fully saturated rings. The van der Waals surface area contributed by atoms with Crippen molar-refractivity contribution in [2.75, 3.05) is 0 Å². The van der Waals surface area contributed by atoms with E-state index in [1.165, 1.54) is 24.5 Å². The van der Waals surface area contributed by atoms with Gasteiger partial charge in [-0.15, -0.1) is 0 Å². The highest BCUT2D eigenvalue weighted by atomic mass is 35.5. The molecule has 3 nitrogen and oxygen atoms in total. The average Bonchev–Trinajstić information content (AvgIpc) is 2.43. The van der Waals surface area contributed by atoms with E-state index in [-0.39, 0.29) is 10.9 Å². The van der Waals surface area contributed by atoms with Crippen molar-refractivity contribution in [1.29, 1.82) is 0 Å². The summed E-state index contributed by atoms with van der Waals surface area (Å²) in [6, 6.07) is 5.28. The van der Waals surface area contributed by atoms with Crippen LogP contribution >= 0.6 is 23.2 Å². The Hall–Kier alpha value is -1.65. The molecule has 0 bridgehead atoms. The van der Waals surface area contributed by atoms with Gasteiger partial charge in [-0.25, -0.2) is 4.39 Å². The van der Waals surface area contributed by atoms with Crippen molar-refractivity contribution < 1.29 is 9.18 Å². The third-order valence-electron chi connectivity index (χ3n) is 2.80.